The Balaban J connectivity index is 1.92. The number of hydrogen-bond acceptors (Lipinski definition) is 3. The van der Waals surface area contributed by atoms with Crippen LogP contribution in [0.25, 0.3) is 0 Å². The van der Waals surface area contributed by atoms with Crippen molar-refractivity contribution in [2.75, 3.05) is 6.26 Å². The van der Waals surface area contributed by atoms with Crippen LogP contribution in [-0.4, -0.2) is 33.0 Å². The Hall–Kier alpha value is -0.970. The molecule has 2 heterocycles. The highest BCUT2D eigenvalue weighted by molar-refractivity contribution is 7.99. The van der Waals surface area contributed by atoms with E-state index in [0.29, 0.717) is 0 Å². The van der Waals surface area contributed by atoms with Crippen molar-refractivity contribution in [2.45, 2.75) is 37.6 Å². The van der Waals surface area contributed by atoms with Gasteiger partial charge >= 0.3 is 0 Å². The first-order valence-electron chi connectivity index (χ1n) is 5.54. The van der Waals surface area contributed by atoms with Crippen LogP contribution in [0, 0.1) is 0 Å². The maximum Gasteiger partial charge on any atom is 0.233 e. The fraction of sp³-hybridized carbons (Fsp3) is 0.636. The highest BCUT2D eigenvalue weighted by atomic mass is 32.2. The van der Waals surface area contributed by atoms with Gasteiger partial charge in [0.1, 0.15) is 5.82 Å². The number of fused-ring (bicyclic) bond motifs is 1. The van der Waals surface area contributed by atoms with Crippen LogP contribution in [0.2, 0.25) is 0 Å². The fourth-order valence-electron chi connectivity index (χ4n) is 1.91. The van der Waals surface area contributed by atoms with E-state index in [1.165, 1.54) is 0 Å². The highest BCUT2D eigenvalue weighted by Crippen LogP contribution is 2.14. The quantitative estimate of drug-likeness (QED) is 0.858. The third kappa shape index (κ3) is 2.40. The third-order valence-corrected chi connectivity index (χ3v) is 3.93. The summed E-state index contributed by atoms with van der Waals surface area (Å²) in [6, 6.07) is 0.254. The van der Waals surface area contributed by atoms with Crippen LogP contribution in [0.15, 0.2) is 12.4 Å². The number of aryl methyl sites for hydroxylation is 1. The van der Waals surface area contributed by atoms with E-state index in [1.807, 2.05) is 25.6 Å². The van der Waals surface area contributed by atoms with Gasteiger partial charge in [0, 0.05) is 31.4 Å². The predicted molar refractivity (Wildman–Crippen MR) is 65.5 cm³/mol. The molecular weight excluding hydrogens is 222 g/mol. The normalized spacial score (nSPS) is 21.2. The second kappa shape index (κ2) is 4.91. The Morgan fingerprint density at radius 2 is 2.56 bits per heavy atom. The number of carbonyl (C=O) groups is 1. The molecule has 0 aromatic carbocycles. The summed E-state index contributed by atoms with van der Waals surface area (Å²) in [5, 5.41) is 3.12. The number of nitrogens with zero attached hydrogens (tertiary/aromatic N) is 2. The summed E-state index contributed by atoms with van der Waals surface area (Å²) >= 11 is 1.58. The zero-order valence-electron chi connectivity index (χ0n) is 9.64. The summed E-state index contributed by atoms with van der Waals surface area (Å²) in [5.74, 6) is 1.27. The van der Waals surface area contributed by atoms with Crippen LogP contribution in [0.5, 0.6) is 0 Å². The van der Waals surface area contributed by atoms with E-state index in [9.17, 15) is 4.79 Å². The molecule has 4 nitrogen and oxygen atoms in total. The van der Waals surface area contributed by atoms with E-state index in [2.05, 4.69) is 14.9 Å². The maximum atomic E-state index is 11.7. The SMILES string of the molecule is CS[C@@H](C)C(=O)N[C@H]1CCc2nccn2C1. The molecule has 2 rings (SSSR count). The van der Waals surface area contributed by atoms with Crippen molar-refractivity contribution in [3.05, 3.63) is 18.2 Å². The predicted octanol–water partition coefficient (Wildman–Crippen LogP) is 1.07. The van der Waals surface area contributed by atoms with Gasteiger partial charge in [0.15, 0.2) is 0 Å². The van der Waals surface area contributed by atoms with Gasteiger partial charge in [-0.05, 0) is 19.6 Å². The number of nitrogens with one attached hydrogen (secondary N) is 1. The standard InChI is InChI=1S/C11H17N3OS/c1-8(16-2)11(15)13-9-3-4-10-12-5-6-14(10)7-9/h5-6,8-9H,3-4,7H2,1-2H3,(H,13,15)/t8-,9-/m0/s1. The topological polar surface area (TPSA) is 46.9 Å². The monoisotopic (exact) mass is 239 g/mol. The second-order valence-electron chi connectivity index (χ2n) is 4.12. The van der Waals surface area contributed by atoms with Crippen LogP contribution >= 0.6 is 11.8 Å². The lowest BCUT2D eigenvalue weighted by Gasteiger charge is -2.25. The van der Waals surface area contributed by atoms with Gasteiger partial charge < -0.3 is 9.88 Å². The first-order valence-corrected chi connectivity index (χ1v) is 6.82. The molecule has 2 atom stereocenters. The number of aromatic nitrogens is 2. The number of amides is 1. The molecule has 1 aromatic rings. The molecule has 1 N–H and O–H groups in total. The minimum Gasteiger partial charge on any atom is -0.351 e. The van der Waals surface area contributed by atoms with Gasteiger partial charge in [-0.2, -0.15) is 11.8 Å². The number of rotatable bonds is 3. The summed E-state index contributed by atoms with van der Waals surface area (Å²) in [6.07, 6.45) is 7.70. The van der Waals surface area contributed by atoms with Gasteiger partial charge in [-0.3, -0.25) is 4.79 Å². The van der Waals surface area contributed by atoms with Crippen LogP contribution in [-0.2, 0) is 17.8 Å². The Labute approximate surface area is 99.8 Å². The van der Waals surface area contributed by atoms with Gasteiger partial charge in [0.2, 0.25) is 5.91 Å². The summed E-state index contributed by atoms with van der Waals surface area (Å²) < 4.78 is 2.12. The molecule has 0 bridgehead atoms. The van der Waals surface area contributed by atoms with Crippen molar-refractivity contribution < 1.29 is 4.79 Å². The highest BCUT2D eigenvalue weighted by Gasteiger charge is 2.21. The lowest BCUT2D eigenvalue weighted by molar-refractivity contribution is -0.121. The van der Waals surface area contributed by atoms with E-state index in [1.54, 1.807) is 11.8 Å². The summed E-state index contributed by atoms with van der Waals surface area (Å²) in [6.45, 7) is 2.79. The molecular formula is C11H17N3OS. The molecule has 0 spiro atoms. The van der Waals surface area contributed by atoms with Crippen LogP contribution in [0.3, 0.4) is 0 Å². The third-order valence-electron chi connectivity index (χ3n) is 3.00. The van der Waals surface area contributed by atoms with Gasteiger partial charge in [-0.15, -0.1) is 0 Å². The first-order chi connectivity index (χ1) is 7.70. The summed E-state index contributed by atoms with van der Waals surface area (Å²) in [4.78, 5) is 16.0. The average molecular weight is 239 g/mol. The minimum absolute atomic E-state index is 0.0317. The molecule has 16 heavy (non-hydrogen) atoms. The largest absolute Gasteiger partial charge is 0.351 e. The number of carbonyl (C=O) groups excluding carboxylic acids is 1. The molecule has 5 heteroatoms. The Kier molecular flexibility index (Phi) is 3.53. The van der Waals surface area contributed by atoms with Gasteiger partial charge in [-0.1, -0.05) is 0 Å². The smallest absolute Gasteiger partial charge is 0.233 e. The minimum atomic E-state index is 0.0317. The van der Waals surface area contributed by atoms with Crippen LogP contribution in [0.1, 0.15) is 19.2 Å². The Bertz CT molecular complexity index is 377. The lowest BCUT2D eigenvalue weighted by Crippen LogP contribution is -2.43. The lowest BCUT2D eigenvalue weighted by atomic mass is 10.1. The van der Waals surface area contributed by atoms with Crippen LogP contribution < -0.4 is 5.32 Å². The van der Waals surface area contributed by atoms with Crippen molar-refractivity contribution in [3.8, 4) is 0 Å². The Morgan fingerprint density at radius 3 is 3.31 bits per heavy atom. The number of hydrogen-bond donors (Lipinski definition) is 1. The number of thioether (sulfide) groups is 1. The zero-order valence-corrected chi connectivity index (χ0v) is 10.5. The summed E-state index contributed by atoms with van der Waals surface area (Å²) in [7, 11) is 0. The number of imidazole rings is 1. The van der Waals surface area contributed by atoms with Crippen LogP contribution in [0.4, 0.5) is 0 Å². The fourth-order valence-corrected chi connectivity index (χ4v) is 2.19. The average Bonchev–Trinajstić information content (AvgIpc) is 2.75. The second-order valence-corrected chi connectivity index (χ2v) is 5.30. The molecule has 0 fully saturated rings. The van der Waals surface area contributed by atoms with E-state index >= 15 is 0 Å². The maximum absolute atomic E-state index is 11.7. The molecule has 0 radical (unpaired) electrons. The molecule has 88 valence electrons. The molecule has 1 aliphatic heterocycles. The van der Waals surface area contributed by atoms with Crippen molar-refractivity contribution in [1.82, 2.24) is 14.9 Å². The first kappa shape index (κ1) is 11.5. The molecule has 0 unspecified atom stereocenters. The van der Waals surface area contributed by atoms with E-state index in [4.69, 9.17) is 0 Å². The van der Waals surface area contributed by atoms with Crippen molar-refractivity contribution >= 4 is 17.7 Å². The van der Waals surface area contributed by atoms with Gasteiger partial charge in [0.05, 0.1) is 5.25 Å². The van der Waals surface area contributed by atoms with E-state index in [0.717, 1.165) is 25.2 Å². The van der Waals surface area contributed by atoms with Crippen molar-refractivity contribution in [1.29, 1.82) is 0 Å². The molecule has 1 aliphatic rings. The van der Waals surface area contributed by atoms with E-state index in [-0.39, 0.29) is 17.2 Å². The summed E-state index contributed by atoms with van der Waals surface area (Å²) in [5.41, 5.74) is 0. The molecule has 0 saturated heterocycles. The van der Waals surface area contributed by atoms with Gasteiger partial charge in [-0.25, -0.2) is 4.98 Å². The van der Waals surface area contributed by atoms with Gasteiger partial charge in [0.25, 0.3) is 0 Å². The molecule has 1 aromatic heterocycles. The molecule has 0 aliphatic carbocycles. The molecule has 1 amide bonds. The van der Waals surface area contributed by atoms with E-state index < -0.39 is 0 Å². The Morgan fingerprint density at radius 1 is 1.75 bits per heavy atom. The van der Waals surface area contributed by atoms with Crippen molar-refractivity contribution in [2.24, 2.45) is 0 Å². The van der Waals surface area contributed by atoms with Crippen molar-refractivity contribution in [3.63, 3.8) is 0 Å². The zero-order chi connectivity index (χ0) is 11.5. The molecule has 0 saturated carbocycles.